The van der Waals surface area contributed by atoms with Gasteiger partial charge in [-0.15, -0.1) is 35.4 Å². The Balaban J connectivity index is 0.000000337. The molecular formula is C28H28IrNO3-. The smallest absolute Gasteiger partial charge is 0.155 e. The van der Waals surface area contributed by atoms with E-state index < -0.39 is 0 Å². The van der Waals surface area contributed by atoms with E-state index in [9.17, 15) is 4.79 Å². The van der Waals surface area contributed by atoms with E-state index in [0.29, 0.717) is 0 Å². The summed E-state index contributed by atoms with van der Waals surface area (Å²) in [5, 5.41) is 10.8. The standard InChI is InChI=1S/C23H20NO.C5H8O2.Ir/c1-14-7-3-5-9-17(14)22-23-19(11-12-24-22)21-15(2)18-10-6-4-8-16(18)13-20(21)25-23;1-4(6)3-5(2)7;/h3,5,7,11-13H,4,6,8,10H2,1-2H3;3,6H,1-2H3;/q-1;;/b;4-3-;. The van der Waals surface area contributed by atoms with Crippen LogP contribution in [-0.2, 0) is 37.7 Å². The summed E-state index contributed by atoms with van der Waals surface area (Å²) in [6, 6.07) is 13.7. The third kappa shape index (κ3) is 5.10. The number of furan rings is 1. The molecule has 0 bridgehead atoms. The van der Waals surface area contributed by atoms with Crippen LogP contribution in [0, 0.1) is 19.9 Å². The van der Waals surface area contributed by atoms with Crippen LogP contribution >= 0.6 is 0 Å². The maximum Gasteiger partial charge on any atom is 0.155 e. The van der Waals surface area contributed by atoms with Crippen LogP contribution in [0.5, 0.6) is 0 Å². The quantitative estimate of drug-likeness (QED) is 0.150. The Labute approximate surface area is 208 Å². The molecule has 2 heterocycles. The van der Waals surface area contributed by atoms with Gasteiger partial charge in [0.25, 0.3) is 0 Å². The number of benzene rings is 2. The first kappa shape index (κ1) is 24.9. The Hall–Kier alpha value is -2.75. The van der Waals surface area contributed by atoms with E-state index in [-0.39, 0.29) is 31.6 Å². The average molecular weight is 619 g/mol. The first-order valence-electron chi connectivity index (χ1n) is 11.0. The van der Waals surface area contributed by atoms with Crippen LogP contribution in [0.3, 0.4) is 0 Å². The molecule has 4 aromatic rings. The van der Waals surface area contributed by atoms with Crippen molar-refractivity contribution in [2.75, 3.05) is 0 Å². The molecule has 1 aliphatic rings. The van der Waals surface area contributed by atoms with Crippen molar-refractivity contribution in [2.24, 2.45) is 0 Å². The largest absolute Gasteiger partial charge is 0.512 e. The molecule has 0 amide bonds. The molecule has 173 valence electrons. The fourth-order valence-electron chi connectivity index (χ4n) is 4.60. The van der Waals surface area contributed by atoms with Crippen LogP contribution in [0.1, 0.15) is 48.9 Å². The van der Waals surface area contributed by atoms with Crippen LogP contribution < -0.4 is 0 Å². The number of aryl methyl sites for hydroxylation is 3. The van der Waals surface area contributed by atoms with Crippen molar-refractivity contribution in [3.8, 4) is 11.3 Å². The van der Waals surface area contributed by atoms with Gasteiger partial charge in [0, 0.05) is 48.8 Å². The number of aliphatic hydroxyl groups excluding tert-OH is 1. The van der Waals surface area contributed by atoms with Crippen LogP contribution in [0.2, 0.25) is 0 Å². The molecule has 0 aliphatic heterocycles. The number of aliphatic hydroxyl groups is 1. The molecular weight excluding hydrogens is 591 g/mol. The molecule has 2 aromatic heterocycles. The van der Waals surface area contributed by atoms with E-state index in [1.807, 2.05) is 18.3 Å². The summed E-state index contributed by atoms with van der Waals surface area (Å²) in [6.45, 7) is 7.20. The summed E-state index contributed by atoms with van der Waals surface area (Å²) in [7, 11) is 0. The third-order valence-electron chi connectivity index (χ3n) is 5.99. The predicted octanol–water partition coefficient (Wildman–Crippen LogP) is 6.98. The molecule has 0 saturated carbocycles. The maximum absolute atomic E-state index is 10.0. The number of aromatic nitrogens is 1. The number of carbonyl (C=O) groups is 1. The van der Waals surface area contributed by atoms with Gasteiger partial charge in [-0.1, -0.05) is 6.92 Å². The minimum atomic E-state index is -0.125. The van der Waals surface area contributed by atoms with Crippen LogP contribution in [0.25, 0.3) is 33.2 Å². The van der Waals surface area contributed by atoms with Crippen molar-refractivity contribution >= 4 is 27.7 Å². The zero-order chi connectivity index (χ0) is 22.8. The molecule has 0 saturated heterocycles. The van der Waals surface area contributed by atoms with E-state index in [4.69, 9.17) is 9.52 Å². The fourth-order valence-corrected chi connectivity index (χ4v) is 4.60. The number of nitrogens with zero attached hydrogens (tertiary/aromatic N) is 1. The minimum absolute atomic E-state index is 0. The molecule has 5 heteroatoms. The van der Waals surface area contributed by atoms with Gasteiger partial charge in [-0.3, -0.25) is 4.79 Å². The van der Waals surface area contributed by atoms with E-state index in [2.05, 4.69) is 43.1 Å². The zero-order valence-electron chi connectivity index (χ0n) is 19.4. The molecule has 0 spiro atoms. The molecule has 4 nitrogen and oxygen atoms in total. The second-order valence-corrected chi connectivity index (χ2v) is 8.48. The third-order valence-corrected chi connectivity index (χ3v) is 5.99. The molecule has 5 rings (SSSR count). The van der Waals surface area contributed by atoms with Gasteiger partial charge in [-0.25, -0.2) is 0 Å². The summed E-state index contributed by atoms with van der Waals surface area (Å²) in [6.07, 6.45) is 7.99. The molecule has 0 atom stereocenters. The van der Waals surface area contributed by atoms with Crippen molar-refractivity contribution in [1.82, 2.24) is 4.98 Å². The minimum Gasteiger partial charge on any atom is -0.512 e. The second kappa shape index (κ2) is 10.5. The number of carbonyl (C=O) groups excluding carboxylic acids is 1. The Morgan fingerprint density at radius 3 is 2.61 bits per heavy atom. The van der Waals surface area contributed by atoms with Crippen LogP contribution in [-0.4, -0.2) is 15.9 Å². The Morgan fingerprint density at radius 2 is 1.94 bits per heavy atom. The van der Waals surface area contributed by atoms with Gasteiger partial charge in [0.1, 0.15) is 11.2 Å². The Kier molecular flexibility index (Phi) is 7.88. The van der Waals surface area contributed by atoms with Gasteiger partial charge < -0.3 is 14.5 Å². The second-order valence-electron chi connectivity index (χ2n) is 8.48. The summed E-state index contributed by atoms with van der Waals surface area (Å²) >= 11 is 0. The number of fused-ring (bicyclic) bond motifs is 4. The monoisotopic (exact) mass is 619 g/mol. The SMILES string of the molecule is CC(=O)/C=C(/C)O.Cc1ccc[c-]c1-c1nccc2c1oc1cc3c(c(C)c12)CCCC3.[Ir]. The zero-order valence-corrected chi connectivity index (χ0v) is 21.8. The summed E-state index contributed by atoms with van der Waals surface area (Å²) in [5.74, 6) is -0.0625. The van der Waals surface area contributed by atoms with Crippen molar-refractivity contribution in [3.05, 3.63) is 76.7 Å². The predicted molar refractivity (Wildman–Crippen MR) is 129 cm³/mol. The number of ketones is 1. The van der Waals surface area contributed by atoms with Crippen molar-refractivity contribution < 1.29 is 34.4 Å². The fraction of sp³-hybridized carbons (Fsp3) is 0.286. The number of allylic oxidation sites excluding steroid dienone is 2. The number of hydrogen-bond donors (Lipinski definition) is 1. The normalized spacial score (nSPS) is 13.2. The van der Waals surface area contributed by atoms with E-state index in [1.165, 1.54) is 78.6 Å². The average Bonchev–Trinajstić information content (AvgIpc) is 3.12. The van der Waals surface area contributed by atoms with E-state index in [1.54, 1.807) is 0 Å². The van der Waals surface area contributed by atoms with Gasteiger partial charge in [0.15, 0.2) is 5.78 Å². The topological polar surface area (TPSA) is 63.3 Å². The number of rotatable bonds is 2. The summed E-state index contributed by atoms with van der Waals surface area (Å²) in [5.41, 5.74) is 9.34. The van der Waals surface area contributed by atoms with Crippen LogP contribution in [0.15, 0.2) is 52.8 Å². The van der Waals surface area contributed by atoms with E-state index >= 15 is 0 Å². The molecule has 0 unspecified atom stereocenters. The van der Waals surface area contributed by atoms with Gasteiger partial charge in [0.2, 0.25) is 0 Å². The van der Waals surface area contributed by atoms with Gasteiger partial charge in [-0.05, 0) is 75.3 Å². The van der Waals surface area contributed by atoms with Gasteiger partial charge in [-0.2, -0.15) is 0 Å². The van der Waals surface area contributed by atoms with Gasteiger partial charge in [0.05, 0.1) is 5.76 Å². The van der Waals surface area contributed by atoms with Gasteiger partial charge >= 0.3 is 0 Å². The maximum atomic E-state index is 10.0. The van der Waals surface area contributed by atoms with Crippen molar-refractivity contribution in [3.63, 3.8) is 0 Å². The molecule has 1 radical (unpaired) electrons. The number of pyridine rings is 1. The van der Waals surface area contributed by atoms with Crippen molar-refractivity contribution in [2.45, 2.75) is 53.4 Å². The van der Waals surface area contributed by atoms with Crippen LogP contribution in [0.4, 0.5) is 0 Å². The summed E-state index contributed by atoms with van der Waals surface area (Å²) < 4.78 is 6.36. The number of hydrogen-bond acceptors (Lipinski definition) is 4. The first-order valence-corrected chi connectivity index (χ1v) is 11.0. The first-order chi connectivity index (χ1) is 15.4. The Morgan fingerprint density at radius 1 is 1.18 bits per heavy atom. The molecule has 0 fully saturated rings. The molecule has 1 aliphatic carbocycles. The Bertz CT molecular complexity index is 1350. The molecule has 2 aromatic carbocycles. The molecule has 33 heavy (non-hydrogen) atoms. The summed E-state index contributed by atoms with van der Waals surface area (Å²) in [4.78, 5) is 14.7. The van der Waals surface area contributed by atoms with Crippen molar-refractivity contribution in [1.29, 1.82) is 0 Å². The molecule has 1 N–H and O–H groups in total. The van der Waals surface area contributed by atoms with E-state index in [0.717, 1.165) is 22.4 Å².